The summed E-state index contributed by atoms with van der Waals surface area (Å²) in [4.78, 5) is 25.2. The van der Waals surface area contributed by atoms with Crippen molar-refractivity contribution in [2.24, 2.45) is 0 Å². The fraction of sp³-hybridized carbons (Fsp3) is 0.167. The number of amides is 2. The highest BCUT2D eigenvalue weighted by Crippen LogP contribution is 2.16. The Morgan fingerprint density at radius 1 is 1.21 bits per heavy atom. The molecule has 1 N–H and O–H groups in total. The molecule has 0 saturated carbocycles. The lowest BCUT2D eigenvalue weighted by atomic mass is 10.2. The van der Waals surface area contributed by atoms with Crippen molar-refractivity contribution in [1.82, 2.24) is 5.32 Å². The van der Waals surface area contributed by atoms with E-state index in [0.29, 0.717) is 16.8 Å². The largest absolute Gasteiger partial charge is 0.350 e. The quantitative estimate of drug-likeness (QED) is 0.917. The summed E-state index contributed by atoms with van der Waals surface area (Å²) in [5.41, 5.74) is 1.22. The molecule has 0 saturated heterocycles. The number of benzene rings is 2. The number of halogens is 1. The van der Waals surface area contributed by atoms with E-state index in [1.165, 1.54) is 24.0 Å². The molecule has 0 radical (unpaired) electrons. The number of rotatable bonds is 5. The van der Waals surface area contributed by atoms with E-state index in [4.69, 9.17) is 5.26 Å². The predicted octanol–water partition coefficient (Wildman–Crippen LogP) is 2.37. The topological polar surface area (TPSA) is 73.2 Å². The average molecular weight is 325 g/mol. The lowest BCUT2D eigenvalue weighted by Gasteiger charge is -2.21. The zero-order valence-corrected chi connectivity index (χ0v) is 13.1. The van der Waals surface area contributed by atoms with E-state index in [0.717, 1.165) is 0 Å². The molecular weight excluding hydrogens is 309 g/mol. The maximum Gasteiger partial charge on any atom is 0.240 e. The van der Waals surface area contributed by atoms with E-state index in [1.54, 1.807) is 36.4 Å². The summed E-state index contributed by atoms with van der Waals surface area (Å²) in [6.45, 7) is 1.16. The summed E-state index contributed by atoms with van der Waals surface area (Å²) in [5, 5.41) is 11.5. The van der Waals surface area contributed by atoms with Gasteiger partial charge in [0, 0.05) is 24.7 Å². The first-order valence-corrected chi connectivity index (χ1v) is 7.29. The summed E-state index contributed by atoms with van der Waals surface area (Å²) < 4.78 is 13.5. The van der Waals surface area contributed by atoms with Crippen LogP contribution in [0.2, 0.25) is 0 Å². The van der Waals surface area contributed by atoms with Crippen molar-refractivity contribution in [1.29, 1.82) is 5.26 Å². The molecule has 5 nitrogen and oxygen atoms in total. The molecule has 2 rings (SSSR count). The fourth-order valence-electron chi connectivity index (χ4n) is 2.16. The molecule has 0 atom stereocenters. The molecular formula is C18H16FN3O2. The molecule has 122 valence electrons. The highest BCUT2D eigenvalue weighted by molar-refractivity contribution is 5.97. The number of anilines is 1. The molecule has 0 bridgehead atoms. The molecule has 2 aromatic carbocycles. The van der Waals surface area contributed by atoms with Crippen molar-refractivity contribution in [2.45, 2.75) is 13.5 Å². The van der Waals surface area contributed by atoms with Crippen LogP contribution in [0.1, 0.15) is 18.1 Å². The van der Waals surface area contributed by atoms with E-state index < -0.39 is 11.7 Å². The molecule has 0 aromatic heterocycles. The van der Waals surface area contributed by atoms with Gasteiger partial charge in [0.15, 0.2) is 0 Å². The molecule has 0 spiro atoms. The van der Waals surface area contributed by atoms with Gasteiger partial charge in [0.05, 0.1) is 11.6 Å². The third-order valence-electron chi connectivity index (χ3n) is 3.40. The number of carbonyl (C=O) groups excluding carboxylic acids is 2. The summed E-state index contributed by atoms with van der Waals surface area (Å²) in [5.74, 6) is -1.15. The number of carbonyl (C=O) groups is 2. The van der Waals surface area contributed by atoms with Crippen molar-refractivity contribution in [3.05, 3.63) is 65.5 Å². The second-order valence-electron chi connectivity index (χ2n) is 5.14. The average Bonchev–Trinajstić information content (AvgIpc) is 2.58. The van der Waals surface area contributed by atoms with Crippen LogP contribution >= 0.6 is 0 Å². The van der Waals surface area contributed by atoms with Gasteiger partial charge < -0.3 is 10.2 Å². The Balaban J connectivity index is 2.05. The normalized spacial score (nSPS) is 9.88. The van der Waals surface area contributed by atoms with Crippen molar-refractivity contribution >= 4 is 17.5 Å². The van der Waals surface area contributed by atoms with Crippen molar-refractivity contribution in [2.75, 3.05) is 11.4 Å². The molecule has 2 amide bonds. The molecule has 0 aliphatic heterocycles. The van der Waals surface area contributed by atoms with E-state index in [2.05, 4.69) is 5.32 Å². The van der Waals surface area contributed by atoms with Gasteiger partial charge in [0.25, 0.3) is 0 Å². The molecule has 0 aliphatic carbocycles. The summed E-state index contributed by atoms with van der Waals surface area (Å²) in [7, 11) is 0. The number of nitrogens with one attached hydrogen (secondary N) is 1. The first-order valence-electron chi connectivity index (χ1n) is 7.29. The van der Waals surface area contributed by atoms with Gasteiger partial charge in [-0.05, 0) is 24.3 Å². The Bertz CT molecular complexity index is 799. The standard InChI is InChI=1S/C18H16FN3O2/c1-13(23)22(16-7-4-5-14(9-16)10-20)12-18(24)21-11-15-6-2-3-8-17(15)19/h2-9H,11-12H2,1H3,(H,21,24). The van der Waals surface area contributed by atoms with Crippen LogP contribution in [0, 0.1) is 17.1 Å². The minimum atomic E-state index is -0.421. The Hall–Kier alpha value is -3.20. The van der Waals surface area contributed by atoms with Gasteiger partial charge in [0.2, 0.25) is 11.8 Å². The third-order valence-corrected chi connectivity index (χ3v) is 3.40. The molecule has 6 heteroatoms. The van der Waals surface area contributed by atoms with Gasteiger partial charge in [-0.1, -0.05) is 24.3 Å². The first-order chi connectivity index (χ1) is 11.5. The van der Waals surface area contributed by atoms with E-state index >= 15 is 0 Å². The Morgan fingerprint density at radius 2 is 1.96 bits per heavy atom. The zero-order chi connectivity index (χ0) is 17.5. The van der Waals surface area contributed by atoms with Crippen LogP contribution in [0.25, 0.3) is 0 Å². The number of nitrogens with zero attached hydrogens (tertiary/aromatic N) is 2. The highest BCUT2D eigenvalue weighted by Gasteiger charge is 2.16. The maximum absolute atomic E-state index is 13.5. The van der Waals surface area contributed by atoms with Gasteiger partial charge in [-0.3, -0.25) is 9.59 Å². The van der Waals surface area contributed by atoms with Crippen LogP contribution < -0.4 is 10.2 Å². The highest BCUT2D eigenvalue weighted by atomic mass is 19.1. The van der Waals surface area contributed by atoms with Crippen LogP contribution in [0.3, 0.4) is 0 Å². The molecule has 0 aliphatic rings. The molecule has 0 heterocycles. The van der Waals surface area contributed by atoms with Crippen LogP contribution in [-0.4, -0.2) is 18.4 Å². The van der Waals surface area contributed by atoms with Gasteiger partial charge in [-0.25, -0.2) is 4.39 Å². The molecule has 2 aromatic rings. The predicted molar refractivity (Wildman–Crippen MR) is 87.4 cm³/mol. The molecule has 0 unspecified atom stereocenters. The van der Waals surface area contributed by atoms with Crippen LogP contribution in [0.5, 0.6) is 0 Å². The first kappa shape index (κ1) is 17.2. The minimum Gasteiger partial charge on any atom is -0.350 e. The zero-order valence-electron chi connectivity index (χ0n) is 13.1. The van der Waals surface area contributed by atoms with Gasteiger partial charge >= 0.3 is 0 Å². The van der Waals surface area contributed by atoms with E-state index in [1.807, 2.05) is 6.07 Å². The van der Waals surface area contributed by atoms with Crippen LogP contribution in [0.4, 0.5) is 10.1 Å². The summed E-state index contributed by atoms with van der Waals surface area (Å²) in [6, 6.07) is 14.6. The van der Waals surface area contributed by atoms with E-state index in [-0.39, 0.29) is 19.0 Å². The van der Waals surface area contributed by atoms with Gasteiger partial charge in [-0.2, -0.15) is 5.26 Å². The molecule has 0 fully saturated rings. The molecule has 24 heavy (non-hydrogen) atoms. The SMILES string of the molecule is CC(=O)N(CC(=O)NCc1ccccc1F)c1cccc(C#N)c1. The van der Waals surface area contributed by atoms with Gasteiger partial charge in [0.1, 0.15) is 12.4 Å². The minimum absolute atomic E-state index is 0.0372. The Labute approximate surface area is 139 Å². The Morgan fingerprint density at radius 3 is 2.62 bits per heavy atom. The lowest BCUT2D eigenvalue weighted by Crippen LogP contribution is -2.39. The van der Waals surface area contributed by atoms with Crippen molar-refractivity contribution in [3.8, 4) is 6.07 Å². The van der Waals surface area contributed by atoms with Crippen LogP contribution in [-0.2, 0) is 16.1 Å². The number of nitriles is 1. The van der Waals surface area contributed by atoms with Gasteiger partial charge in [-0.15, -0.1) is 0 Å². The fourth-order valence-corrected chi connectivity index (χ4v) is 2.16. The van der Waals surface area contributed by atoms with Crippen molar-refractivity contribution in [3.63, 3.8) is 0 Å². The second-order valence-corrected chi connectivity index (χ2v) is 5.14. The smallest absolute Gasteiger partial charge is 0.240 e. The van der Waals surface area contributed by atoms with E-state index in [9.17, 15) is 14.0 Å². The van der Waals surface area contributed by atoms with Crippen molar-refractivity contribution < 1.29 is 14.0 Å². The monoisotopic (exact) mass is 325 g/mol. The maximum atomic E-state index is 13.5. The van der Waals surface area contributed by atoms with Crippen LogP contribution in [0.15, 0.2) is 48.5 Å². The number of hydrogen-bond donors (Lipinski definition) is 1. The Kier molecular flexibility index (Phi) is 5.63. The lowest BCUT2D eigenvalue weighted by molar-refractivity contribution is -0.123. The summed E-state index contributed by atoms with van der Waals surface area (Å²) in [6.07, 6.45) is 0. The second kappa shape index (κ2) is 7.88. The third kappa shape index (κ3) is 4.40. The number of hydrogen-bond acceptors (Lipinski definition) is 3. The summed E-state index contributed by atoms with van der Waals surface area (Å²) >= 11 is 0.